The smallest absolute Gasteiger partial charge is 0.121 e. The van der Waals surface area contributed by atoms with Crippen molar-refractivity contribution in [1.29, 1.82) is 0 Å². The zero-order valence-electron chi connectivity index (χ0n) is 8.06. The van der Waals surface area contributed by atoms with Crippen molar-refractivity contribution in [3.63, 3.8) is 0 Å². The zero-order chi connectivity index (χ0) is 10.4. The van der Waals surface area contributed by atoms with Crippen LogP contribution in [0.1, 0.15) is 5.56 Å². The van der Waals surface area contributed by atoms with Crippen molar-refractivity contribution in [1.82, 2.24) is 0 Å². The number of aromatic hydroxyl groups is 1. The number of methoxy groups -OCH3 is 1. The molecule has 0 bridgehead atoms. The first-order valence-electron chi connectivity index (χ1n) is 4.32. The van der Waals surface area contributed by atoms with Crippen LogP contribution in [-0.4, -0.2) is 30.5 Å². The molecule has 0 heterocycles. The lowest BCUT2D eigenvalue weighted by Crippen LogP contribution is -2.04. The van der Waals surface area contributed by atoms with Gasteiger partial charge in [-0.1, -0.05) is 0 Å². The molecule has 0 aliphatic heterocycles. The van der Waals surface area contributed by atoms with Crippen LogP contribution in [0.2, 0.25) is 0 Å². The third-order valence-electron chi connectivity index (χ3n) is 1.78. The molecule has 0 aliphatic carbocycles. The number of rotatable bonds is 5. The topological polar surface area (TPSA) is 58.9 Å². The molecule has 0 saturated carbocycles. The molecule has 0 amide bonds. The van der Waals surface area contributed by atoms with E-state index in [4.69, 9.17) is 14.6 Å². The van der Waals surface area contributed by atoms with E-state index in [1.54, 1.807) is 19.2 Å². The fourth-order valence-electron chi connectivity index (χ4n) is 1.02. The van der Waals surface area contributed by atoms with E-state index in [1.165, 1.54) is 6.07 Å². The lowest BCUT2D eigenvalue weighted by Gasteiger charge is -2.07. The number of aliphatic hydroxyl groups excluding tert-OH is 1. The van der Waals surface area contributed by atoms with Gasteiger partial charge in [-0.15, -0.1) is 0 Å². The maximum absolute atomic E-state index is 9.27. The molecule has 0 spiro atoms. The monoisotopic (exact) mass is 198 g/mol. The number of hydrogen-bond donors (Lipinski definition) is 2. The van der Waals surface area contributed by atoms with Crippen molar-refractivity contribution in [2.24, 2.45) is 0 Å². The van der Waals surface area contributed by atoms with Gasteiger partial charge in [-0.25, -0.2) is 0 Å². The standard InChI is InChI=1S/C10H14O4/c1-13-4-5-14-9-2-3-10(12)8(6-9)7-11/h2-3,6,11-12H,4-5,7H2,1H3. The number of phenols is 1. The molecule has 1 aromatic carbocycles. The van der Waals surface area contributed by atoms with Crippen LogP contribution in [-0.2, 0) is 11.3 Å². The Labute approximate surface area is 82.7 Å². The summed E-state index contributed by atoms with van der Waals surface area (Å²) in [6.45, 7) is 0.759. The van der Waals surface area contributed by atoms with Gasteiger partial charge in [-0.3, -0.25) is 0 Å². The Kier molecular flexibility index (Phi) is 4.22. The summed E-state index contributed by atoms with van der Waals surface area (Å²) in [5.41, 5.74) is 0.458. The Morgan fingerprint density at radius 1 is 1.29 bits per heavy atom. The first-order valence-corrected chi connectivity index (χ1v) is 4.32. The molecule has 78 valence electrons. The van der Waals surface area contributed by atoms with Gasteiger partial charge >= 0.3 is 0 Å². The van der Waals surface area contributed by atoms with Crippen LogP contribution in [0, 0.1) is 0 Å². The number of benzene rings is 1. The van der Waals surface area contributed by atoms with Gasteiger partial charge in [0.15, 0.2) is 0 Å². The Morgan fingerprint density at radius 3 is 2.71 bits per heavy atom. The van der Waals surface area contributed by atoms with Crippen LogP contribution < -0.4 is 4.74 Å². The Morgan fingerprint density at radius 2 is 2.07 bits per heavy atom. The van der Waals surface area contributed by atoms with Crippen molar-refractivity contribution in [2.75, 3.05) is 20.3 Å². The van der Waals surface area contributed by atoms with Crippen molar-refractivity contribution in [2.45, 2.75) is 6.61 Å². The minimum atomic E-state index is -0.201. The fraction of sp³-hybridized carbons (Fsp3) is 0.400. The summed E-state index contributed by atoms with van der Waals surface area (Å²) in [7, 11) is 1.60. The number of aliphatic hydroxyl groups is 1. The summed E-state index contributed by atoms with van der Waals surface area (Å²) in [4.78, 5) is 0. The van der Waals surface area contributed by atoms with Gasteiger partial charge in [0.25, 0.3) is 0 Å². The second kappa shape index (κ2) is 5.47. The van der Waals surface area contributed by atoms with Crippen LogP contribution in [0.25, 0.3) is 0 Å². The summed E-state index contributed by atoms with van der Waals surface area (Å²) in [6, 6.07) is 4.74. The average Bonchev–Trinajstić information content (AvgIpc) is 2.21. The molecule has 0 atom stereocenters. The highest BCUT2D eigenvalue weighted by molar-refractivity contribution is 5.38. The van der Waals surface area contributed by atoms with E-state index in [1.807, 2.05) is 0 Å². The van der Waals surface area contributed by atoms with E-state index in [0.717, 1.165) is 0 Å². The second-order valence-corrected chi connectivity index (χ2v) is 2.79. The molecule has 14 heavy (non-hydrogen) atoms. The number of hydrogen-bond acceptors (Lipinski definition) is 4. The van der Waals surface area contributed by atoms with Gasteiger partial charge in [-0.2, -0.15) is 0 Å². The van der Waals surface area contributed by atoms with E-state index in [9.17, 15) is 5.11 Å². The number of ether oxygens (including phenoxy) is 2. The molecule has 0 fully saturated rings. The first kappa shape index (κ1) is 10.8. The lowest BCUT2D eigenvalue weighted by atomic mass is 10.2. The van der Waals surface area contributed by atoms with Gasteiger partial charge in [0.2, 0.25) is 0 Å². The Hall–Kier alpha value is -1.26. The fourth-order valence-corrected chi connectivity index (χ4v) is 1.02. The molecule has 0 radical (unpaired) electrons. The quantitative estimate of drug-likeness (QED) is 0.690. The third kappa shape index (κ3) is 2.90. The normalized spacial score (nSPS) is 10.1. The van der Waals surface area contributed by atoms with Gasteiger partial charge in [0.05, 0.1) is 13.2 Å². The van der Waals surface area contributed by atoms with Crippen molar-refractivity contribution in [3.05, 3.63) is 23.8 Å². The Bertz CT molecular complexity index is 285. The summed E-state index contributed by atoms with van der Waals surface area (Å²) >= 11 is 0. The molecule has 2 N–H and O–H groups in total. The van der Waals surface area contributed by atoms with Crippen LogP contribution in [0.4, 0.5) is 0 Å². The molecule has 0 saturated heterocycles. The van der Waals surface area contributed by atoms with Crippen LogP contribution in [0.5, 0.6) is 11.5 Å². The van der Waals surface area contributed by atoms with E-state index in [2.05, 4.69) is 0 Å². The van der Waals surface area contributed by atoms with Crippen LogP contribution in [0.3, 0.4) is 0 Å². The predicted octanol–water partition coefficient (Wildman–Crippen LogP) is 0.910. The van der Waals surface area contributed by atoms with Crippen LogP contribution in [0.15, 0.2) is 18.2 Å². The largest absolute Gasteiger partial charge is 0.508 e. The second-order valence-electron chi connectivity index (χ2n) is 2.79. The van der Waals surface area contributed by atoms with Crippen molar-refractivity contribution in [3.8, 4) is 11.5 Å². The van der Waals surface area contributed by atoms with E-state index in [-0.39, 0.29) is 12.4 Å². The van der Waals surface area contributed by atoms with Crippen molar-refractivity contribution >= 4 is 0 Å². The zero-order valence-corrected chi connectivity index (χ0v) is 8.06. The minimum Gasteiger partial charge on any atom is -0.508 e. The van der Waals surface area contributed by atoms with E-state index in [0.29, 0.717) is 24.5 Å². The molecule has 0 unspecified atom stereocenters. The SMILES string of the molecule is COCCOc1ccc(O)c(CO)c1. The molecule has 0 aliphatic rings. The minimum absolute atomic E-state index is 0.0755. The lowest BCUT2D eigenvalue weighted by molar-refractivity contribution is 0.146. The van der Waals surface area contributed by atoms with Gasteiger partial charge in [-0.05, 0) is 18.2 Å². The molecule has 1 aromatic rings. The highest BCUT2D eigenvalue weighted by Crippen LogP contribution is 2.22. The maximum Gasteiger partial charge on any atom is 0.121 e. The molecular formula is C10H14O4. The average molecular weight is 198 g/mol. The van der Waals surface area contributed by atoms with Gasteiger partial charge in [0.1, 0.15) is 18.1 Å². The Balaban J connectivity index is 2.60. The van der Waals surface area contributed by atoms with Crippen LogP contribution >= 0.6 is 0 Å². The molecular weight excluding hydrogens is 184 g/mol. The predicted molar refractivity (Wildman–Crippen MR) is 51.4 cm³/mol. The molecule has 1 rings (SSSR count). The summed E-state index contributed by atoms with van der Waals surface area (Å²) in [6.07, 6.45) is 0. The highest BCUT2D eigenvalue weighted by atomic mass is 16.5. The van der Waals surface area contributed by atoms with E-state index >= 15 is 0 Å². The maximum atomic E-state index is 9.27. The molecule has 4 heteroatoms. The van der Waals surface area contributed by atoms with Gasteiger partial charge < -0.3 is 19.7 Å². The summed E-state index contributed by atoms with van der Waals surface area (Å²) < 4.78 is 10.1. The summed E-state index contributed by atoms with van der Waals surface area (Å²) in [5.74, 6) is 0.690. The summed E-state index contributed by atoms with van der Waals surface area (Å²) in [5, 5.41) is 18.1. The highest BCUT2D eigenvalue weighted by Gasteiger charge is 2.01. The van der Waals surface area contributed by atoms with E-state index < -0.39 is 0 Å². The van der Waals surface area contributed by atoms with Crippen molar-refractivity contribution < 1.29 is 19.7 Å². The molecule has 0 aromatic heterocycles. The van der Waals surface area contributed by atoms with Gasteiger partial charge in [0, 0.05) is 12.7 Å². The molecule has 4 nitrogen and oxygen atoms in total. The third-order valence-corrected chi connectivity index (χ3v) is 1.78. The first-order chi connectivity index (χ1) is 6.77.